The van der Waals surface area contributed by atoms with Crippen LogP contribution in [0.15, 0.2) is 54.7 Å². The molecule has 0 aliphatic rings. The number of hydrogen-bond acceptors (Lipinski definition) is 4. The van der Waals surface area contributed by atoms with Gasteiger partial charge in [-0.15, -0.1) is 0 Å². The van der Waals surface area contributed by atoms with E-state index in [0.29, 0.717) is 17.6 Å². The van der Waals surface area contributed by atoms with Crippen LogP contribution in [0.1, 0.15) is 31.2 Å². The van der Waals surface area contributed by atoms with Crippen molar-refractivity contribution in [1.29, 1.82) is 0 Å². The Labute approximate surface area is 161 Å². The Bertz CT molecular complexity index is 1170. The summed E-state index contributed by atoms with van der Waals surface area (Å²) < 4.78 is 3.00. The van der Waals surface area contributed by atoms with Crippen molar-refractivity contribution >= 4 is 27.6 Å². The molecule has 0 N–H and O–H groups in total. The van der Waals surface area contributed by atoms with Crippen molar-refractivity contribution in [3.8, 4) is 0 Å². The Balaban J connectivity index is 1.88. The summed E-state index contributed by atoms with van der Waals surface area (Å²) in [6.45, 7) is 2.67. The summed E-state index contributed by atoms with van der Waals surface area (Å²) in [7, 11) is 0. The fraction of sp³-hybridized carbons (Fsp3) is 0.238. The number of rotatable bonds is 6. The maximum atomic E-state index is 12.4. The van der Waals surface area contributed by atoms with E-state index in [4.69, 9.17) is 4.98 Å². The monoisotopic (exact) mass is 376 g/mol. The molecule has 4 aromatic rings. The lowest BCUT2D eigenvalue weighted by Gasteiger charge is -2.11. The first-order chi connectivity index (χ1) is 13.6. The molecule has 0 fully saturated rings. The van der Waals surface area contributed by atoms with Gasteiger partial charge < -0.3 is 9.77 Å². The third-order valence-corrected chi connectivity index (χ3v) is 4.95. The van der Waals surface area contributed by atoms with Crippen molar-refractivity contribution in [1.82, 2.24) is 9.55 Å². The van der Waals surface area contributed by atoms with Gasteiger partial charge in [0, 0.05) is 31.2 Å². The van der Waals surface area contributed by atoms with Crippen LogP contribution in [0.25, 0.3) is 21.9 Å². The van der Waals surface area contributed by atoms with Crippen molar-refractivity contribution in [3.63, 3.8) is 0 Å². The SMILES string of the molecule is CCCCc1nc2c[n+]([O-])c3ccccc3c2n1Cc1ccc([N+](=O)[O-])cc1. The fourth-order valence-corrected chi connectivity index (χ4v) is 3.54. The minimum Gasteiger partial charge on any atom is -0.618 e. The predicted octanol–water partition coefficient (Wildman–Crippen LogP) is 4.12. The summed E-state index contributed by atoms with van der Waals surface area (Å²) in [5, 5.41) is 24.2. The van der Waals surface area contributed by atoms with E-state index in [1.165, 1.54) is 18.3 Å². The number of fused-ring (bicyclic) bond motifs is 3. The lowest BCUT2D eigenvalue weighted by molar-refractivity contribution is -0.575. The Hall–Kier alpha value is -3.48. The second-order valence-corrected chi connectivity index (χ2v) is 6.85. The number of non-ortho nitro benzene ring substituents is 1. The highest BCUT2D eigenvalue weighted by Gasteiger charge is 2.18. The van der Waals surface area contributed by atoms with Gasteiger partial charge in [0.1, 0.15) is 5.82 Å². The zero-order valence-corrected chi connectivity index (χ0v) is 15.5. The van der Waals surface area contributed by atoms with Gasteiger partial charge in [-0.05, 0) is 18.1 Å². The van der Waals surface area contributed by atoms with Crippen LogP contribution in [0.5, 0.6) is 0 Å². The number of benzene rings is 2. The number of aromatic nitrogens is 3. The molecular formula is C21H20N4O3. The first-order valence-corrected chi connectivity index (χ1v) is 9.32. The second-order valence-electron chi connectivity index (χ2n) is 6.85. The molecule has 0 bridgehead atoms. The molecule has 4 rings (SSSR count). The normalized spacial score (nSPS) is 11.3. The fourth-order valence-electron chi connectivity index (χ4n) is 3.54. The summed E-state index contributed by atoms with van der Waals surface area (Å²) in [6, 6.07) is 14.1. The first-order valence-electron chi connectivity index (χ1n) is 9.32. The molecule has 0 spiro atoms. The number of aryl methyl sites for hydroxylation is 1. The molecule has 0 saturated heterocycles. The number of unbranched alkanes of at least 4 members (excludes halogenated alkanes) is 1. The number of hydrogen-bond donors (Lipinski definition) is 0. The molecule has 0 radical (unpaired) electrons. The van der Waals surface area contributed by atoms with E-state index in [9.17, 15) is 15.3 Å². The van der Waals surface area contributed by atoms with Gasteiger partial charge in [-0.25, -0.2) is 4.98 Å². The summed E-state index contributed by atoms with van der Waals surface area (Å²) in [6.07, 6.45) is 4.38. The molecule has 0 unspecified atom stereocenters. The van der Waals surface area contributed by atoms with Crippen LogP contribution in [0.4, 0.5) is 5.69 Å². The zero-order valence-electron chi connectivity index (χ0n) is 15.5. The van der Waals surface area contributed by atoms with E-state index >= 15 is 0 Å². The van der Waals surface area contributed by atoms with Crippen molar-refractivity contribution in [2.45, 2.75) is 32.7 Å². The quantitative estimate of drug-likeness (QED) is 0.219. The largest absolute Gasteiger partial charge is 0.618 e. The van der Waals surface area contributed by atoms with Gasteiger partial charge in [-0.1, -0.05) is 37.6 Å². The van der Waals surface area contributed by atoms with Gasteiger partial charge in [0.25, 0.3) is 5.69 Å². The molecular weight excluding hydrogens is 356 g/mol. The average molecular weight is 376 g/mol. The molecule has 2 aromatic heterocycles. The van der Waals surface area contributed by atoms with Crippen LogP contribution in [0.3, 0.4) is 0 Å². The molecule has 0 aliphatic carbocycles. The van der Waals surface area contributed by atoms with Crippen molar-refractivity contribution < 1.29 is 9.65 Å². The third-order valence-electron chi connectivity index (χ3n) is 4.95. The standard InChI is InChI=1S/C21H20N4O3/c1-2-3-8-20-22-18-14-24(26)19-7-5-4-6-17(19)21(18)23(20)13-15-9-11-16(12-10-15)25(27)28/h4-7,9-12,14H,2-3,8,13H2,1H3. The number of nitro groups is 1. The van der Waals surface area contributed by atoms with E-state index in [1.54, 1.807) is 18.2 Å². The summed E-state index contributed by atoms with van der Waals surface area (Å²) in [5.74, 6) is 0.923. The van der Waals surface area contributed by atoms with Gasteiger partial charge in [0.15, 0.2) is 5.52 Å². The number of nitro benzene ring substituents is 1. The minimum absolute atomic E-state index is 0.0725. The zero-order chi connectivity index (χ0) is 19.7. The van der Waals surface area contributed by atoms with E-state index in [0.717, 1.165) is 46.3 Å². The molecule has 7 nitrogen and oxygen atoms in total. The summed E-state index contributed by atoms with van der Waals surface area (Å²) in [5.41, 5.74) is 3.21. The highest BCUT2D eigenvalue weighted by atomic mass is 16.6. The molecule has 2 heterocycles. The molecule has 7 heteroatoms. The van der Waals surface area contributed by atoms with E-state index < -0.39 is 4.92 Å². The Morgan fingerprint density at radius 1 is 1.14 bits per heavy atom. The lowest BCUT2D eigenvalue weighted by Crippen LogP contribution is -2.26. The van der Waals surface area contributed by atoms with Gasteiger partial charge in [0.2, 0.25) is 11.7 Å². The summed E-state index contributed by atoms with van der Waals surface area (Å²) in [4.78, 5) is 15.3. The molecule has 2 aromatic carbocycles. The topological polar surface area (TPSA) is 87.9 Å². The maximum absolute atomic E-state index is 12.4. The highest BCUT2D eigenvalue weighted by Crippen LogP contribution is 2.26. The molecule has 0 saturated carbocycles. The third kappa shape index (κ3) is 3.15. The van der Waals surface area contributed by atoms with Crippen LogP contribution >= 0.6 is 0 Å². The van der Waals surface area contributed by atoms with Crippen molar-refractivity contribution in [2.24, 2.45) is 0 Å². The minimum atomic E-state index is -0.399. The Morgan fingerprint density at radius 3 is 2.61 bits per heavy atom. The van der Waals surface area contributed by atoms with Crippen LogP contribution < -0.4 is 4.73 Å². The Kier molecular flexibility index (Phi) is 4.65. The van der Waals surface area contributed by atoms with Crippen LogP contribution in [0, 0.1) is 15.3 Å². The van der Waals surface area contributed by atoms with E-state index in [-0.39, 0.29) is 5.69 Å². The lowest BCUT2D eigenvalue weighted by atomic mass is 10.1. The smallest absolute Gasteiger partial charge is 0.269 e. The number of imidazole rings is 1. The first kappa shape index (κ1) is 17.9. The van der Waals surface area contributed by atoms with E-state index in [2.05, 4.69) is 11.5 Å². The highest BCUT2D eigenvalue weighted by molar-refractivity contribution is 6.00. The van der Waals surface area contributed by atoms with Crippen molar-refractivity contribution in [2.75, 3.05) is 0 Å². The van der Waals surface area contributed by atoms with Gasteiger partial charge in [-0.3, -0.25) is 10.1 Å². The number of para-hydroxylation sites is 1. The summed E-state index contributed by atoms with van der Waals surface area (Å²) >= 11 is 0. The average Bonchev–Trinajstić information content (AvgIpc) is 3.04. The second kappa shape index (κ2) is 7.26. The van der Waals surface area contributed by atoms with Gasteiger partial charge >= 0.3 is 0 Å². The predicted molar refractivity (Wildman–Crippen MR) is 107 cm³/mol. The van der Waals surface area contributed by atoms with Crippen LogP contribution in [-0.2, 0) is 13.0 Å². The molecule has 142 valence electrons. The van der Waals surface area contributed by atoms with Gasteiger partial charge in [0.05, 0.1) is 15.8 Å². The molecule has 0 amide bonds. The molecule has 0 atom stereocenters. The number of nitrogens with zero attached hydrogens (tertiary/aromatic N) is 4. The number of pyridine rings is 1. The van der Waals surface area contributed by atoms with Crippen molar-refractivity contribution in [3.05, 3.63) is 81.4 Å². The van der Waals surface area contributed by atoms with E-state index in [1.807, 2.05) is 18.2 Å². The van der Waals surface area contributed by atoms with Crippen LogP contribution in [-0.4, -0.2) is 14.5 Å². The van der Waals surface area contributed by atoms with Gasteiger partial charge in [-0.2, -0.15) is 4.73 Å². The van der Waals surface area contributed by atoms with Crippen LogP contribution in [0.2, 0.25) is 0 Å². The Morgan fingerprint density at radius 2 is 1.89 bits per heavy atom. The maximum Gasteiger partial charge on any atom is 0.269 e. The molecule has 28 heavy (non-hydrogen) atoms. The molecule has 0 aliphatic heterocycles.